The quantitative estimate of drug-likeness (QED) is 0.822. The van der Waals surface area contributed by atoms with E-state index in [1.807, 2.05) is 30.3 Å². The van der Waals surface area contributed by atoms with Crippen LogP contribution < -0.4 is 10.6 Å². The van der Waals surface area contributed by atoms with Gasteiger partial charge in [-0.2, -0.15) is 0 Å². The minimum atomic E-state index is -0.246. The van der Waals surface area contributed by atoms with Gasteiger partial charge < -0.3 is 5.32 Å². The number of nitrogens with zero attached hydrogens (tertiary/aromatic N) is 1. The van der Waals surface area contributed by atoms with Crippen LogP contribution in [0.5, 0.6) is 0 Å². The molecule has 1 aromatic carbocycles. The summed E-state index contributed by atoms with van der Waals surface area (Å²) in [6, 6.07) is 9.80. The van der Waals surface area contributed by atoms with Crippen LogP contribution in [0.1, 0.15) is 12.5 Å². The summed E-state index contributed by atoms with van der Waals surface area (Å²) in [5.41, 5.74) is 0.911. The molecule has 2 N–H and O–H groups in total. The lowest BCUT2D eigenvalue weighted by molar-refractivity contribution is -0.130. The molecule has 2 rings (SSSR count). The number of carbonyl (C=O) groups is 2. The fourth-order valence-electron chi connectivity index (χ4n) is 2.38. The number of hydrogen-bond acceptors (Lipinski definition) is 4. The minimum Gasteiger partial charge on any atom is -0.312 e. The Morgan fingerprint density at radius 1 is 1.30 bits per heavy atom. The zero-order chi connectivity index (χ0) is 14.4. The Hall–Kier alpha value is -1.72. The van der Waals surface area contributed by atoms with Gasteiger partial charge in [0.15, 0.2) is 0 Å². The smallest absolute Gasteiger partial charge is 0.240 e. The summed E-state index contributed by atoms with van der Waals surface area (Å²) < 4.78 is 0. The van der Waals surface area contributed by atoms with Crippen molar-refractivity contribution < 1.29 is 9.59 Å². The number of nitrogens with one attached hydrogen (secondary N) is 2. The highest BCUT2D eigenvalue weighted by Gasteiger charge is 2.18. The third kappa shape index (κ3) is 4.75. The van der Waals surface area contributed by atoms with Crippen molar-refractivity contribution in [1.82, 2.24) is 15.5 Å². The maximum absolute atomic E-state index is 11.8. The highest BCUT2D eigenvalue weighted by molar-refractivity contribution is 5.96. The van der Waals surface area contributed by atoms with Gasteiger partial charge in [0, 0.05) is 25.7 Å². The summed E-state index contributed by atoms with van der Waals surface area (Å²) in [6.45, 7) is 4.93. The number of amides is 2. The lowest BCUT2D eigenvalue weighted by Gasteiger charge is -2.31. The molecule has 1 atom stereocenters. The second-order valence-corrected chi connectivity index (χ2v) is 5.22. The van der Waals surface area contributed by atoms with E-state index in [-0.39, 0.29) is 24.8 Å². The third-order valence-electron chi connectivity index (χ3n) is 3.31. The molecule has 0 unspecified atom stereocenters. The maximum Gasteiger partial charge on any atom is 0.240 e. The molecule has 0 radical (unpaired) electrons. The predicted molar refractivity (Wildman–Crippen MR) is 77.2 cm³/mol. The monoisotopic (exact) mass is 275 g/mol. The summed E-state index contributed by atoms with van der Waals surface area (Å²) in [7, 11) is 0. The Balaban J connectivity index is 1.75. The molecule has 1 aliphatic rings. The molecule has 0 spiro atoms. The van der Waals surface area contributed by atoms with Crippen LogP contribution in [0.2, 0.25) is 0 Å². The number of piperazine rings is 1. The zero-order valence-corrected chi connectivity index (χ0v) is 11.8. The molecule has 1 heterocycles. The van der Waals surface area contributed by atoms with Crippen molar-refractivity contribution in [2.24, 2.45) is 0 Å². The van der Waals surface area contributed by atoms with Crippen molar-refractivity contribution in [3.8, 4) is 0 Å². The molecular formula is C15H21N3O2. The Morgan fingerprint density at radius 2 is 2.05 bits per heavy atom. The molecule has 5 heteroatoms. The first-order valence-corrected chi connectivity index (χ1v) is 6.96. The number of benzene rings is 1. The Labute approximate surface area is 119 Å². The number of imide groups is 1. The van der Waals surface area contributed by atoms with Crippen LogP contribution in [-0.4, -0.2) is 48.9 Å². The van der Waals surface area contributed by atoms with E-state index in [0.29, 0.717) is 6.04 Å². The molecule has 1 fully saturated rings. The zero-order valence-electron chi connectivity index (χ0n) is 11.8. The van der Waals surface area contributed by atoms with Crippen LogP contribution in [-0.2, 0) is 16.0 Å². The summed E-state index contributed by atoms with van der Waals surface area (Å²) in [5.74, 6) is -0.468. The van der Waals surface area contributed by atoms with E-state index < -0.39 is 0 Å². The second kappa shape index (κ2) is 7.17. The van der Waals surface area contributed by atoms with Gasteiger partial charge in [-0.15, -0.1) is 0 Å². The van der Waals surface area contributed by atoms with Crippen molar-refractivity contribution in [1.29, 1.82) is 0 Å². The third-order valence-corrected chi connectivity index (χ3v) is 3.31. The van der Waals surface area contributed by atoms with Gasteiger partial charge in [0.25, 0.3) is 0 Å². The molecule has 5 nitrogen and oxygen atoms in total. The molecule has 108 valence electrons. The SMILES string of the molecule is C[C@H]1CN(CC(=O)NC(=O)Cc2ccccc2)CCN1. The second-order valence-electron chi connectivity index (χ2n) is 5.22. The minimum absolute atomic E-state index is 0.222. The van der Waals surface area contributed by atoms with Crippen molar-refractivity contribution in [2.45, 2.75) is 19.4 Å². The van der Waals surface area contributed by atoms with Crippen molar-refractivity contribution in [3.05, 3.63) is 35.9 Å². The van der Waals surface area contributed by atoms with Gasteiger partial charge in [-0.05, 0) is 12.5 Å². The molecule has 20 heavy (non-hydrogen) atoms. The standard InChI is InChI=1S/C15H21N3O2/c1-12-10-18(8-7-16-12)11-15(20)17-14(19)9-13-5-3-2-4-6-13/h2-6,12,16H,7-11H2,1H3,(H,17,19,20)/t12-/m0/s1. The predicted octanol–water partition coefficient (Wildman–Crippen LogP) is 0.166. The van der Waals surface area contributed by atoms with E-state index in [4.69, 9.17) is 0 Å². The molecule has 0 bridgehead atoms. The van der Waals surface area contributed by atoms with E-state index in [2.05, 4.69) is 22.5 Å². The Morgan fingerprint density at radius 3 is 2.75 bits per heavy atom. The van der Waals surface area contributed by atoms with Crippen LogP contribution in [0.25, 0.3) is 0 Å². The molecule has 2 amide bonds. The van der Waals surface area contributed by atoms with E-state index in [1.54, 1.807) is 0 Å². The van der Waals surface area contributed by atoms with Crippen LogP contribution >= 0.6 is 0 Å². The van der Waals surface area contributed by atoms with E-state index in [9.17, 15) is 9.59 Å². The summed E-state index contributed by atoms with van der Waals surface area (Å²) in [5, 5.41) is 5.77. The number of hydrogen-bond donors (Lipinski definition) is 2. The lowest BCUT2D eigenvalue weighted by atomic mass is 10.1. The Kier molecular flexibility index (Phi) is 5.26. The number of carbonyl (C=O) groups excluding carboxylic acids is 2. The van der Waals surface area contributed by atoms with Gasteiger partial charge in [-0.25, -0.2) is 0 Å². The van der Waals surface area contributed by atoms with Gasteiger partial charge in [-0.1, -0.05) is 30.3 Å². The summed E-state index contributed by atoms with van der Waals surface area (Å²) >= 11 is 0. The first kappa shape index (κ1) is 14.7. The molecule has 0 aromatic heterocycles. The molecule has 0 saturated carbocycles. The van der Waals surface area contributed by atoms with E-state index >= 15 is 0 Å². The topological polar surface area (TPSA) is 61.4 Å². The molecule has 1 aliphatic heterocycles. The van der Waals surface area contributed by atoms with Gasteiger partial charge in [-0.3, -0.25) is 19.8 Å². The fourth-order valence-corrected chi connectivity index (χ4v) is 2.38. The van der Waals surface area contributed by atoms with Crippen molar-refractivity contribution in [2.75, 3.05) is 26.2 Å². The largest absolute Gasteiger partial charge is 0.312 e. The van der Waals surface area contributed by atoms with E-state index in [1.165, 1.54) is 0 Å². The first-order chi connectivity index (χ1) is 9.63. The van der Waals surface area contributed by atoms with E-state index in [0.717, 1.165) is 25.2 Å². The number of rotatable bonds is 4. The Bertz CT molecular complexity index is 461. The van der Waals surface area contributed by atoms with Crippen molar-refractivity contribution in [3.63, 3.8) is 0 Å². The summed E-state index contributed by atoms with van der Waals surface area (Å²) in [6.07, 6.45) is 0.241. The normalized spacial score (nSPS) is 19.6. The molecular weight excluding hydrogens is 254 g/mol. The first-order valence-electron chi connectivity index (χ1n) is 6.96. The van der Waals surface area contributed by atoms with Crippen LogP contribution in [0.3, 0.4) is 0 Å². The van der Waals surface area contributed by atoms with Gasteiger partial charge in [0.2, 0.25) is 11.8 Å². The van der Waals surface area contributed by atoms with Gasteiger partial charge in [0.1, 0.15) is 0 Å². The van der Waals surface area contributed by atoms with Gasteiger partial charge >= 0.3 is 0 Å². The molecule has 1 aromatic rings. The van der Waals surface area contributed by atoms with Crippen LogP contribution in [0.15, 0.2) is 30.3 Å². The van der Waals surface area contributed by atoms with Crippen LogP contribution in [0.4, 0.5) is 0 Å². The average molecular weight is 275 g/mol. The molecule has 1 saturated heterocycles. The average Bonchev–Trinajstić information content (AvgIpc) is 2.39. The highest BCUT2D eigenvalue weighted by Crippen LogP contribution is 2.00. The fraction of sp³-hybridized carbons (Fsp3) is 0.467. The highest BCUT2D eigenvalue weighted by atomic mass is 16.2. The molecule has 0 aliphatic carbocycles. The lowest BCUT2D eigenvalue weighted by Crippen LogP contribution is -2.52. The summed E-state index contributed by atoms with van der Waals surface area (Å²) in [4.78, 5) is 25.7. The van der Waals surface area contributed by atoms with Gasteiger partial charge in [0.05, 0.1) is 13.0 Å². The van der Waals surface area contributed by atoms with Crippen molar-refractivity contribution >= 4 is 11.8 Å². The maximum atomic E-state index is 11.8. The van der Waals surface area contributed by atoms with Crippen LogP contribution in [0, 0.1) is 0 Å².